The molecular weight excluding hydrogens is 214 g/mol. The molecule has 2 nitrogen and oxygen atoms in total. The van der Waals surface area contributed by atoms with Crippen LogP contribution in [0.2, 0.25) is 0 Å². The number of nitrogens with one attached hydrogen (secondary N) is 1. The first-order valence-corrected chi connectivity index (χ1v) is 7.69. The van der Waals surface area contributed by atoms with E-state index in [0.29, 0.717) is 6.61 Å². The van der Waals surface area contributed by atoms with Crippen molar-refractivity contribution in [2.45, 2.75) is 19.8 Å². The summed E-state index contributed by atoms with van der Waals surface area (Å²) < 4.78 is 0. The van der Waals surface area contributed by atoms with Crippen molar-refractivity contribution < 1.29 is 5.11 Å². The average molecular weight is 237 g/mol. The van der Waals surface area contributed by atoms with Crippen LogP contribution in [0, 0.1) is 0 Å². The zero-order valence-corrected chi connectivity index (χ0v) is 10.8. The Bertz CT molecular complexity index is 92.1. The van der Waals surface area contributed by atoms with Crippen molar-refractivity contribution in [3.05, 3.63) is 0 Å². The van der Waals surface area contributed by atoms with Gasteiger partial charge in [-0.15, -0.1) is 0 Å². The molecule has 0 spiro atoms. The molecule has 0 heterocycles. The Morgan fingerprint density at radius 1 is 1.00 bits per heavy atom. The van der Waals surface area contributed by atoms with Gasteiger partial charge in [0.1, 0.15) is 0 Å². The summed E-state index contributed by atoms with van der Waals surface area (Å²) in [7, 11) is 0. The highest BCUT2D eigenvalue weighted by molar-refractivity contribution is 7.99. The number of hydrogen-bond donors (Lipinski definition) is 2. The van der Waals surface area contributed by atoms with Gasteiger partial charge in [-0.2, -0.15) is 23.5 Å². The van der Waals surface area contributed by atoms with E-state index in [2.05, 4.69) is 12.2 Å². The van der Waals surface area contributed by atoms with Gasteiger partial charge in [0.05, 0.1) is 0 Å². The second-order valence-corrected chi connectivity index (χ2v) is 5.61. The fourth-order valence-corrected chi connectivity index (χ4v) is 2.44. The molecule has 4 heteroatoms. The lowest BCUT2D eigenvalue weighted by Gasteiger charge is -2.03. The van der Waals surface area contributed by atoms with Crippen LogP contribution in [0.25, 0.3) is 0 Å². The topological polar surface area (TPSA) is 32.3 Å². The van der Waals surface area contributed by atoms with E-state index in [9.17, 15) is 0 Å². The molecule has 0 bridgehead atoms. The molecule has 0 aliphatic heterocycles. The first-order chi connectivity index (χ1) is 6.91. The van der Waals surface area contributed by atoms with Crippen LogP contribution in [0.1, 0.15) is 19.8 Å². The van der Waals surface area contributed by atoms with Crippen LogP contribution < -0.4 is 5.32 Å². The maximum Gasteiger partial charge on any atom is 0.0438 e. The Labute approximate surface area is 96.6 Å². The Balaban J connectivity index is 2.78. The van der Waals surface area contributed by atoms with Crippen LogP contribution in [0.3, 0.4) is 0 Å². The minimum absolute atomic E-state index is 0.328. The molecule has 0 fully saturated rings. The maximum atomic E-state index is 8.56. The standard InChI is InChI=1S/C10H23NOS2/c1-2-13-8-3-5-11-6-10-14-9-4-7-12/h11-12H,2-10H2,1H3. The maximum absolute atomic E-state index is 8.56. The fourth-order valence-electron chi connectivity index (χ4n) is 0.982. The van der Waals surface area contributed by atoms with Gasteiger partial charge in [0.2, 0.25) is 0 Å². The lowest BCUT2D eigenvalue weighted by atomic mass is 10.5. The van der Waals surface area contributed by atoms with Crippen LogP contribution in [0.4, 0.5) is 0 Å². The molecule has 86 valence electrons. The van der Waals surface area contributed by atoms with Gasteiger partial charge in [-0.1, -0.05) is 6.92 Å². The van der Waals surface area contributed by atoms with Crippen LogP contribution in [-0.2, 0) is 0 Å². The molecule has 2 N–H and O–H groups in total. The summed E-state index contributed by atoms with van der Waals surface area (Å²) in [4.78, 5) is 0. The lowest BCUT2D eigenvalue weighted by Crippen LogP contribution is -2.19. The second-order valence-electron chi connectivity index (χ2n) is 2.99. The molecule has 0 aliphatic rings. The predicted octanol–water partition coefficient (Wildman–Crippen LogP) is 1.83. The van der Waals surface area contributed by atoms with Crippen molar-refractivity contribution in [2.24, 2.45) is 0 Å². The number of rotatable bonds is 11. The predicted molar refractivity (Wildman–Crippen MR) is 69.5 cm³/mol. The summed E-state index contributed by atoms with van der Waals surface area (Å²) in [5.74, 6) is 4.77. The van der Waals surface area contributed by atoms with E-state index in [4.69, 9.17) is 5.11 Å². The molecule has 0 saturated heterocycles. The summed E-state index contributed by atoms with van der Waals surface area (Å²) in [6.45, 7) is 4.78. The first-order valence-electron chi connectivity index (χ1n) is 5.39. The molecule has 14 heavy (non-hydrogen) atoms. The number of aliphatic hydroxyl groups excluding tert-OH is 1. The highest BCUT2D eigenvalue weighted by Gasteiger charge is 1.90. The van der Waals surface area contributed by atoms with Crippen LogP contribution in [0.15, 0.2) is 0 Å². The molecule has 0 aliphatic carbocycles. The smallest absolute Gasteiger partial charge is 0.0438 e. The SMILES string of the molecule is CCSCCCNCCSCCCO. The summed E-state index contributed by atoms with van der Waals surface area (Å²) in [5, 5.41) is 12.0. The Hall–Kier alpha value is 0.620. The number of thioether (sulfide) groups is 2. The zero-order chi connectivity index (χ0) is 10.5. The first kappa shape index (κ1) is 14.6. The van der Waals surface area contributed by atoms with Crippen molar-refractivity contribution in [3.8, 4) is 0 Å². The molecule has 0 saturated carbocycles. The Morgan fingerprint density at radius 3 is 2.50 bits per heavy atom. The van der Waals surface area contributed by atoms with Crippen LogP contribution in [0.5, 0.6) is 0 Å². The van der Waals surface area contributed by atoms with Gasteiger partial charge >= 0.3 is 0 Å². The van der Waals surface area contributed by atoms with E-state index in [-0.39, 0.29) is 0 Å². The van der Waals surface area contributed by atoms with Crippen LogP contribution in [-0.4, -0.2) is 47.8 Å². The van der Waals surface area contributed by atoms with Crippen molar-refractivity contribution >= 4 is 23.5 Å². The number of aliphatic hydroxyl groups is 1. The number of hydrogen-bond acceptors (Lipinski definition) is 4. The quantitative estimate of drug-likeness (QED) is 0.537. The highest BCUT2D eigenvalue weighted by Crippen LogP contribution is 2.01. The van der Waals surface area contributed by atoms with Crippen molar-refractivity contribution in [1.82, 2.24) is 5.32 Å². The van der Waals surface area contributed by atoms with E-state index in [0.717, 1.165) is 25.3 Å². The summed E-state index contributed by atoms with van der Waals surface area (Å²) >= 11 is 3.93. The van der Waals surface area contributed by atoms with E-state index < -0.39 is 0 Å². The molecule has 0 unspecified atom stereocenters. The van der Waals surface area contributed by atoms with Gasteiger partial charge in [-0.05, 0) is 36.6 Å². The third-order valence-electron chi connectivity index (χ3n) is 1.72. The van der Waals surface area contributed by atoms with Gasteiger partial charge in [-0.3, -0.25) is 0 Å². The molecule has 0 amide bonds. The largest absolute Gasteiger partial charge is 0.396 e. The van der Waals surface area contributed by atoms with Gasteiger partial charge < -0.3 is 10.4 Å². The molecule has 0 aromatic carbocycles. The van der Waals surface area contributed by atoms with Gasteiger partial charge in [0.15, 0.2) is 0 Å². The van der Waals surface area contributed by atoms with Crippen molar-refractivity contribution in [3.63, 3.8) is 0 Å². The second kappa shape index (κ2) is 13.6. The monoisotopic (exact) mass is 237 g/mol. The molecule has 0 radical (unpaired) electrons. The van der Waals surface area contributed by atoms with E-state index in [1.807, 2.05) is 23.5 Å². The minimum Gasteiger partial charge on any atom is -0.396 e. The normalized spacial score (nSPS) is 10.7. The third-order valence-corrected chi connectivity index (χ3v) is 3.77. The lowest BCUT2D eigenvalue weighted by molar-refractivity contribution is 0.296. The van der Waals surface area contributed by atoms with Crippen LogP contribution >= 0.6 is 23.5 Å². The van der Waals surface area contributed by atoms with Gasteiger partial charge in [0, 0.05) is 18.9 Å². The van der Waals surface area contributed by atoms with Crippen molar-refractivity contribution in [1.29, 1.82) is 0 Å². The fraction of sp³-hybridized carbons (Fsp3) is 1.00. The third kappa shape index (κ3) is 12.6. The minimum atomic E-state index is 0.328. The summed E-state index contributed by atoms with van der Waals surface area (Å²) in [5.41, 5.74) is 0. The van der Waals surface area contributed by atoms with Crippen molar-refractivity contribution in [2.75, 3.05) is 42.7 Å². The van der Waals surface area contributed by atoms with E-state index in [1.54, 1.807) is 0 Å². The average Bonchev–Trinajstić information content (AvgIpc) is 2.21. The Morgan fingerprint density at radius 2 is 1.79 bits per heavy atom. The van der Waals surface area contributed by atoms with Gasteiger partial charge in [-0.25, -0.2) is 0 Å². The molecular formula is C10H23NOS2. The Kier molecular flexibility index (Phi) is 14.2. The summed E-state index contributed by atoms with van der Waals surface area (Å²) in [6.07, 6.45) is 2.21. The molecule has 0 atom stereocenters. The molecule has 0 aromatic rings. The molecule has 0 rings (SSSR count). The van der Waals surface area contributed by atoms with Gasteiger partial charge in [0.25, 0.3) is 0 Å². The van der Waals surface area contributed by atoms with E-state index >= 15 is 0 Å². The zero-order valence-electron chi connectivity index (χ0n) is 9.13. The highest BCUT2D eigenvalue weighted by atomic mass is 32.2. The van der Waals surface area contributed by atoms with E-state index in [1.165, 1.54) is 23.7 Å². The summed E-state index contributed by atoms with van der Waals surface area (Å²) in [6, 6.07) is 0. The molecule has 0 aromatic heterocycles.